The van der Waals surface area contributed by atoms with Crippen molar-refractivity contribution in [1.29, 1.82) is 0 Å². The number of allylic oxidation sites excluding steroid dienone is 2. The summed E-state index contributed by atoms with van der Waals surface area (Å²) in [6, 6.07) is 4.43. The number of rotatable bonds is 7. The third-order valence-corrected chi connectivity index (χ3v) is 10.6. The van der Waals surface area contributed by atoms with Gasteiger partial charge in [-0.1, -0.05) is 19.1 Å². The van der Waals surface area contributed by atoms with Crippen LogP contribution in [0.5, 0.6) is 5.75 Å². The van der Waals surface area contributed by atoms with E-state index in [1.165, 1.54) is 28.2 Å². The van der Waals surface area contributed by atoms with Gasteiger partial charge < -0.3 is 14.4 Å². The molecule has 0 spiro atoms. The van der Waals surface area contributed by atoms with Gasteiger partial charge in [0.1, 0.15) is 16.7 Å². The van der Waals surface area contributed by atoms with Crippen LogP contribution in [0, 0.1) is 5.92 Å². The SMILES string of the molecule is C[C@@H]1CN([C@@H](C)CO)S(=O)(=O)c2ccc(C3=CCCC3)cc2O[C@@H]1CN(C)S(=O)(=O)c1cn(C)cn1. The molecular weight excluding hydrogens is 504 g/mol. The van der Waals surface area contributed by atoms with Crippen LogP contribution in [0.4, 0.5) is 0 Å². The molecule has 0 fully saturated rings. The van der Waals surface area contributed by atoms with Gasteiger partial charge in [0, 0.05) is 38.8 Å². The molecule has 1 N–H and O–H groups in total. The molecule has 1 aliphatic carbocycles. The van der Waals surface area contributed by atoms with Gasteiger partial charge >= 0.3 is 0 Å². The topological polar surface area (TPSA) is 122 Å². The molecule has 10 nitrogen and oxygen atoms in total. The van der Waals surface area contributed by atoms with E-state index in [1.54, 1.807) is 36.7 Å². The van der Waals surface area contributed by atoms with Gasteiger partial charge in [-0.2, -0.15) is 8.61 Å². The van der Waals surface area contributed by atoms with Crippen LogP contribution in [0.3, 0.4) is 0 Å². The van der Waals surface area contributed by atoms with Crippen LogP contribution in [-0.4, -0.2) is 79.0 Å². The highest BCUT2D eigenvalue weighted by atomic mass is 32.2. The molecule has 1 aromatic heterocycles. The first-order valence-corrected chi connectivity index (χ1v) is 14.9. The van der Waals surface area contributed by atoms with Gasteiger partial charge in [-0.05, 0) is 49.5 Å². The summed E-state index contributed by atoms with van der Waals surface area (Å²) in [7, 11) is -4.69. The number of ether oxygens (including phenoxy) is 1. The molecule has 4 rings (SSSR count). The van der Waals surface area contributed by atoms with Crippen molar-refractivity contribution in [1.82, 2.24) is 18.2 Å². The third kappa shape index (κ3) is 5.10. The molecule has 0 radical (unpaired) electrons. The maximum atomic E-state index is 13.6. The van der Waals surface area contributed by atoms with Crippen molar-refractivity contribution < 1.29 is 26.7 Å². The van der Waals surface area contributed by atoms with Crippen LogP contribution in [0.1, 0.15) is 38.7 Å². The molecule has 0 bridgehead atoms. The monoisotopic (exact) mass is 538 g/mol. The van der Waals surface area contributed by atoms with Crippen LogP contribution in [0.15, 0.2) is 46.7 Å². The van der Waals surface area contributed by atoms with Crippen molar-refractivity contribution in [3.05, 3.63) is 42.4 Å². The van der Waals surface area contributed by atoms with Gasteiger partial charge in [0.15, 0.2) is 5.03 Å². The molecule has 0 unspecified atom stereocenters. The largest absolute Gasteiger partial charge is 0.487 e. The van der Waals surface area contributed by atoms with Crippen LogP contribution in [-0.2, 0) is 27.1 Å². The normalized spacial score (nSPS) is 23.4. The zero-order valence-corrected chi connectivity index (χ0v) is 22.7. The highest BCUT2D eigenvalue weighted by Gasteiger charge is 2.39. The Morgan fingerprint density at radius 2 is 2.08 bits per heavy atom. The van der Waals surface area contributed by atoms with Crippen molar-refractivity contribution in [3.8, 4) is 5.75 Å². The molecule has 0 saturated carbocycles. The molecule has 1 aliphatic heterocycles. The van der Waals surface area contributed by atoms with E-state index in [9.17, 15) is 21.9 Å². The molecule has 0 amide bonds. The van der Waals surface area contributed by atoms with E-state index in [0.29, 0.717) is 0 Å². The quantitative estimate of drug-likeness (QED) is 0.573. The third-order valence-electron chi connectivity index (χ3n) is 6.87. The second-order valence-electron chi connectivity index (χ2n) is 9.69. The first-order chi connectivity index (χ1) is 16.9. The maximum absolute atomic E-state index is 13.6. The summed E-state index contributed by atoms with van der Waals surface area (Å²) in [6.07, 6.45) is 7.28. The number of sulfonamides is 2. The summed E-state index contributed by atoms with van der Waals surface area (Å²) >= 11 is 0. The Balaban J connectivity index is 1.74. The molecule has 2 aliphatic rings. The lowest BCUT2D eigenvalue weighted by Gasteiger charge is -2.37. The Morgan fingerprint density at radius 3 is 2.69 bits per heavy atom. The van der Waals surface area contributed by atoms with Crippen molar-refractivity contribution in [2.24, 2.45) is 13.0 Å². The summed E-state index contributed by atoms with van der Waals surface area (Å²) in [5.41, 5.74) is 2.03. The average Bonchev–Trinajstić information content (AvgIpc) is 3.53. The second-order valence-corrected chi connectivity index (χ2v) is 13.5. The Hall–Kier alpha value is -2.25. The summed E-state index contributed by atoms with van der Waals surface area (Å²) in [5.74, 6) is -0.187. The second kappa shape index (κ2) is 10.3. The minimum absolute atomic E-state index is 0.00612. The van der Waals surface area contributed by atoms with Gasteiger partial charge in [0.05, 0.1) is 19.5 Å². The van der Waals surface area contributed by atoms with Crippen LogP contribution < -0.4 is 4.74 Å². The van der Waals surface area contributed by atoms with Crippen molar-refractivity contribution in [3.63, 3.8) is 0 Å². The Bertz CT molecular complexity index is 1350. The van der Waals surface area contributed by atoms with Crippen LogP contribution in [0.2, 0.25) is 0 Å². The smallest absolute Gasteiger partial charge is 0.261 e. The lowest BCUT2D eigenvalue weighted by atomic mass is 10.0. The minimum atomic E-state index is -3.96. The Morgan fingerprint density at radius 1 is 1.33 bits per heavy atom. The number of imidazole rings is 1. The number of hydrogen-bond donors (Lipinski definition) is 1. The van der Waals surface area contributed by atoms with E-state index in [4.69, 9.17) is 4.74 Å². The van der Waals surface area contributed by atoms with E-state index in [-0.39, 0.29) is 41.3 Å². The molecule has 12 heteroatoms. The Labute approximate surface area is 213 Å². The first-order valence-electron chi connectivity index (χ1n) is 12.0. The summed E-state index contributed by atoms with van der Waals surface area (Å²) in [5, 5.41) is 9.74. The molecule has 198 valence electrons. The number of aliphatic hydroxyl groups excluding tert-OH is 1. The van der Waals surface area contributed by atoms with E-state index >= 15 is 0 Å². The van der Waals surface area contributed by atoms with Crippen molar-refractivity contribution >= 4 is 25.6 Å². The number of nitrogens with zero attached hydrogens (tertiary/aromatic N) is 4. The highest BCUT2D eigenvalue weighted by molar-refractivity contribution is 7.89. The van der Waals surface area contributed by atoms with Gasteiger partial charge in [0.2, 0.25) is 10.0 Å². The van der Waals surface area contributed by atoms with E-state index < -0.39 is 32.2 Å². The Kier molecular flexibility index (Phi) is 7.63. The van der Waals surface area contributed by atoms with Crippen molar-refractivity contribution in [2.45, 2.75) is 55.2 Å². The summed E-state index contributed by atoms with van der Waals surface area (Å²) < 4.78 is 63.9. The number of benzene rings is 1. The molecule has 3 atom stereocenters. The fourth-order valence-electron chi connectivity index (χ4n) is 4.61. The number of aryl methyl sites for hydroxylation is 1. The standard InChI is InChI=1S/C24H34N4O6S2/c1-17-12-28(18(2)15-29)35(30,31)23-10-9-20(19-7-5-6-8-19)11-21(23)34-22(17)13-27(4)36(32,33)24-14-26(3)16-25-24/h7,9-11,14,16-18,22,29H,5-6,8,12-13,15H2,1-4H3/t17-,18+,22-/m1/s1. The van der Waals surface area contributed by atoms with E-state index in [2.05, 4.69) is 11.1 Å². The summed E-state index contributed by atoms with van der Waals surface area (Å²) in [6.45, 7) is 3.20. The predicted octanol–water partition coefficient (Wildman–Crippen LogP) is 2.08. The van der Waals surface area contributed by atoms with Gasteiger partial charge in [-0.15, -0.1) is 0 Å². The van der Waals surface area contributed by atoms with Crippen LogP contribution >= 0.6 is 0 Å². The first kappa shape index (κ1) is 26.8. The molecule has 1 aromatic carbocycles. The number of aliphatic hydroxyl groups is 1. The highest BCUT2D eigenvalue weighted by Crippen LogP contribution is 2.37. The van der Waals surface area contributed by atoms with E-state index in [1.807, 2.05) is 6.92 Å². The molecular formula is C24H34N4O6S2. The number of hydrogen-bond acceptors (Lipinski definition) is 7. The van der Waals surface area contributed by atoms with Gasteiger partial charge in [-0.3, -0.25) is 0 Å². The molecule has 36 heavy (non-hydrogen) atoms. The number of fused-ring (bicyclic) bond motifs is 1. The number of likely N-dealkylation sites (N-methyl/N-ethyl adjacent to an activating group) is 1. The lowest BCUT2D eigenvalue weighted by molar-refractivity contribution is 0.0904. The van der Waals surface area contributed by atoms with Crippen LogP contribution in [0.25, 0.3) is 5.57 Å². The lowest BCUT2D eigenvalue weighted by Crippen LogP contribution is -2.50. The van der Waals surface area contributed by atoms with Gasteiger partial charge in [0.25, 0.3) is 10.0 Å². The van der Waals surface area contributed by atoms with Crippen molar-refractivity contribution in [2.75, 3.05) is 26.7 Å². The zero-order valence-electron chi connectivity index (χ0n) is 21.0. The fourth-order valence-corrected chi connectivity index (χ4v) is 7.58. The maximum Gasteiger partial charge on any atom is 0.261 e. The van der Waals surface area contributed by atoms with E-state index in [0.717, 1.165) is 30.4 Å². The number of aromatic nitrogens is 2. The average molecular weight is 539 g/mol. The minimum Gasteiger partial charge on any atom is -0.487 e. The molecule has 0 saturated heterocycles. The van der Waals surface area contributed by atoms with Gasteiger partial charge in [-0.25, -0.2) is 21.8 Å². The summed E-state index contributed by atoms with van der Waals surface area (Å²) in [4.78, 5) is 3.99. The predicted molar refractivity (Wildman–Crippen MR) is 135 cm³/mol. The zero-order chi connectivity index (χ0) is 26.3. The fraction of sp³-hybridized carbons (Fsp3) is 0.542. The molecule has 2 heterocycles. The molecule has 2 aromatic rings.